The molecule has 5 nitrogen and oxygen atoms in total. The van der Waals surface area contributed by atoms with E-state index in [4.69, 9.17) is 14.0 Å². The van der Waals surface area contributed by atoms with E-state index >= 15 is 0 Å². The van der Waals surface area contributed by atoms with Crippen LogP contribution in [0.5, 0.6) is 0 Å². The Bertz CT molecular complexity index is 1260. The van der Waals surface area contributed by atoms with Crippen molar-refractivity contribution in [1.82, 2.24) is 5.32 Å². The first-order valence-electron chi connectivity index (χ1n) is 12.3. The number of halogens is 1. The second-order valence-electron chi connectivity index (χ2n) is 10.6. The van der Waals surface area contributed by atoms with E-state index in [1.165, 1.54) is 22.3 Å². The van der Waals surface area contributed by atoms with E-state index in [2.05, 4.69) is 71.2 Å². The Morgan fingerprint density at radius 2 is 1.53 bits per heavy atom. The summed E-state index contributed by atoms with van der Waals surface area (Å²) in [6, 6.07) is 20.8. The van der Waals surface area contributed by atoms with Gasteiger partial charge in [-0.2, -0.15) is 0 Å². The van der Waals surface area contributed by atoms with Crippen molar-refractivity contribution in [3.05, 3.63) is 86.5 Å². The van der Waals surface area contributed by atoms with E-state index in [1.807, 2.05) is 52.0 Å². The summed E-state index contributed by atoms with van der Waals surface area (Å²) < 4.78 is 19.3. The minimum Gasteiger partial charge on any atom is -0.449 e. The topological polar surface area (TPSA) is 56.8 Å². The van der Waals surface area contributed by atoms with Crippen LogP contribution < -0.4 is 10.8 Å². The number of carbonyl (C=O) groups excluding carboxylic acids is 1. The molecule has 2 aliphatic rings. The van der Waals surface area contributed by atoms with Crippen molar-refractivity contribution >= 4 is 41.3 Å². The van der Waals surface area contributed by atoms with E-state index in [9.17, 15) is 4.79 Å². The number of nitrogens with one attached hydrogen (secondary N) is 1. The summed E-state index contributed by atoms with van der Waals surface area (Å²) in [6.07, 6.45) is -0.424. The average Bonchev–Trinajstić information content (AvgIpc) is 3.28. The molecule has 1 N–H and O–H groups in total. The van der Waals surface area contributed by atoms with Gasteiger partial charge < -0.3 is 19.4 Å². The highest BCUT2D eigenvalue weighted by Gasteiger charge is 2.51. The fourth-order valence-electron chi connectivity index (χ4n) is 4.87. The minimum absolute atomic E-state index is 0.0394. The van der Waals surface area contributed by atoms with Gasteiger partial charge in [-0.1, -0.05) is 54.6 Å². The van der Waals surface area contributed by atoms with Crippen LogP contribution in [0.2, 0.25) is 0 Å². The summed E-state index contributed by atoms with van der Waals surface area (Å²) in [5.41, 5.74) is 7.10. The van der Waals surface area contributed by atoms with Crippen LogP contribution in [0, 0.1) is 10.5 Å². The molecule has 36 heavy (non-hydrogen) atoms. The number of fused-ring (bicyclic) bond motifs is 3. The molecule has 5 rings (SSSR count). The maximum absolute atomic E-state index is 12.7. The number of ether oxygens (including phenoxy) is 1. The molecule has 0 saturated carbocycles. The van der Waals surface area contributed by atoms with Gasteiger partial charge in [0.2, 0.25) is 0 Å². The second-order valence-corrected chi connectivity index (χ2v) is 11.7. The first-order valence-corrected chi connectivity index (χ1v) is 13.4. The predicted octanol–water partition coefficient (Wildman–Crippen LogP) is 5.94. The van der Waals surface area contributed by atoms with Gasteiger partial charge in [0.15, 0.2) is 0 Å². The van der Waals surface area contributed by atoms with Gasteiger partial charge in [0.1, 0.15) is 6.61 Å². The summed E-state index contributed by atoms with van der Waals surface area (Å²) in [5.74, 6) is 0.0394. The second kappa shape index (κ2) is 9.51. The maximum atomic E-state index is 12.7. The molecule has 0 bridgehead atoms. The molecule has 7 heteroatoms. The molecule has 0 unspecified atom stereocenters. The molecule has 3 aromatic rings. The summed E-state index contributed by atoms with van der Waals surface area (Å²) in [7, 11) is -0.447. The fraction of sp³-hybridized carbons (Fsp3) is 0.345. The van der Waals surface area contributed by atoms with E-state index in [1.54, 1.807) is 0 Å². The number of rotatable bonds is 5. The van der Waals surface area contributed by atoms with Gasteiger partial charge in [-0.15, -0.1) is 0 Å². The summed E-state index contributed by atoms with van der Waals surface area (Å²) in [5, 5.41) is 2.94. The highest BCUT2D eigenvalue weighted by atomic mass is 127. The molecule has 186 valence electrons. The highest BCUT2D eigenvalue weighted by molar-refractivity contribution is 14.1. The number of hydrogen-bond acceptors (Lipinski definition) is 4. The molecule has 1 heterocycles. The SMILES string of the molecule is Cc1c(I)cc(B2OC(C)(C)C(C)(C)O2)cc1CNC(=O)OCC1c2ccccc2-c2ccccc21. The molecule has 0 atom stereocenters. The monoisotopic (exact) mass is 595 g/mol. The van der Waals surface area contributed by atoms with E-state index in [0.717, 1.165) is 20.2 Å². The Balaban J connectivity index is 1.26. The van der Waals surface area contributed by atoms with Gasteiger partial charge >= 0.3 is 13.2 Å². The van der Waals surface area contributed by atoms with E-state index in [0.29, 0.717) is 13.2 Å². The van der Waals surface area contributed by atoms with Crippen LogP contribution in [0.1, 0.15) is 55.9 Å². The van der Waals surface area contributed by atoms with Crippen molar-refractivity contribution in [2.75, 3.05) is 6.61 Å². The van der Waals surface area contributed by atoms with Gasteiger partial charge in [-0.3, -0.25) is 0 Å². The van der Waals surface area contributed by atoms with Crippen molar-refractivity contribution in [2.45, 2.75) is 58.3 Å². The van der Waals surface area contributed by atoms with Crippen molar-refractivity contribution < 1.29 is 18.8 Å². The fourth-order valence-corrected chi connectivity index (χ4v) is 5.58. The van der Waals surface area contributed by atoms with Crippen LogP contribution in [-0.2, 0) is 20.6 Å². The molecule has 1 fully saturated rings. The van der Waals surface area contributed by atoms with Gasteiger partial charge in [-0.25, -0.2) is 4.79 Å². The number of carbonyl (C=O) groups is 1. The Hall–Kier alpha value is -2.36. The predicted molar refractivity (Wildman–Crippen MR) is 152 cm³/mol. The number of hydrogen-bond donors (Lipinski definition) is 1. The molecule has 1 aliphatic carbocycles. The van der Waals surface area contributed by atoms with Gasteiger partial charge in [0.05, 0.1) is 11.2 Å². The van der Waals surface area contributed by atoms with E-state index < -0.39 is 24.4 Å². The third-order valence-corrected chi connectivity index (χ3v) is 8.89. The molecule has 1 saturated heterocycles. The maximum Gasteiger partial charge on any atom is 0.494 e. The molecular weight excluding hydrogens is 564 g/mol. The van der Waals surface area contributed by atoms with Crippen LogP contribution in [0.15, 0.2) is 60.7 Å². The van der Waals surface area contributed by atoms with E-state index in [-0.39, 0.29) is 5.92 Å². The zero-order valence-corrected chi connectivity index (χ0v) is 23.5. The van der Waals surface area contributed by atoms with Crippen molar-refractivity contribution in [1.29, 1.82) is 0 Å². The smallest absolute Gasteiger partial charge is 0.449 e. The lowest BCUT2D eigenvalue weighted by atomic mass is 9.78. The van der Waals surface area contributed by atoms with Gasteiger partial charge in [0, 0.05) is 16.0 Å². The van der Waals surface area contributed by atoms with Crippen molar-refractivity contribution in [3.8, 4) is 11.1 Å². The van der Waals surface area contributed by atoms with Gasteiger partial charge in [0.25, 0.3) is 0 Å². The number of alkyl carbamates (subject to hydrolysis) is 1. The summed E-state index contributed by atoms with van der Waals surface area (Å²) >= 11 is 2.32. The lowest BCUT2D eigenvalue weighted by molar-refractivity contribution is 0.00578. The van der Waals surface area contributed by atoms with Crippen LogP contribution in [-0.4, -0.2) is 31.0 Å². The number of benzene rings is 3. The molecule has 1 aliphatic heterocycles. The Morgan fingerprint density at radius 3 is 2.11 bits per heavy atom. The first kappa shape index (κ1) is 25.3. The van der Waals surface area contributed by atoms with Crippen molar-refractivity contribution in [2.24, 2.45) is 0 Å². The zero-order valence-electron chi connectivity index (χ0n) is 21.4. The highest BCUT2D eigenvalue weighted by Crippen LogP contribution is 2.44. The normalized spacial score (nSPS) is 17.6. The van der Waals surface area contributed by atoms with Crippen molar-refractivity contribution in [3.63, 3.8) is 0 Å². The number of amides is 1. The largest absolute Gasteiger partial charge is 0.494 e. The molecule has 0 aromatic heterocycles. The average molecular weight is 595 g/mol. The molecule has 1 amide bonds. The standard InChI is InChI=1S/C29H31BINO4/c1-18-19(14-20(15-26(18)31)30-35-28(2,3)29(4,5)36-30)16-32-27(33)34-17-25-23-12-8-6-10-21(23)22-11-7-9-13-24(22)25/h6-15,25H,16-17H2,1-5H3,(H,32,33). The summed E-state index contributed by atoms with van der Waals surface area (Å²) in [4.78, 5) is 12.7. The molecule has 3 aromatic carbocycles. The lowest BCUT2D eigenvalue weighted by Crippen LogP contribution is -2.41. The Kier molecular flexibility index (Phi) is 6.68. The molecule has 0 spiro atoms. The zero-order chi connectivity index (χ0) is 25.7. The third kappa shape index (κ3) is 4.57. The molecule has 0 radical (unpaired) electrons. The van der Waals surface area contributed by atoms with Crippen LogP contribution in [0.25, 0.3) is 11.1 Å². The molecular formula is C29H31BINO4. The Morgan fingerprint density at radius 1 is 0.972 bits per heavy atom. The lowest BCUT2D eigenvalue weighted by Gasteiger charge is -2.32. The third-order valence-electron chi connectivity index (χ3n) is 7.77. The minimum atomic E-state index is -0.447. The Labute approximate surface area is 227 Å². The van der Waals surface area contributed by atoms with Gasteiger partial charge in [-0.05, 0) is 102 Å². The van der Waals surface area contributed by atoms with Crippen LogP contribution >= 0.6 is 22.6 Å². The van der Waals surface area contributed by atoms with Crippen LogP contribution in [0.4, 0.5) is 4.79 Å². The quantitative estimate of drug-likeness (QED) is 0.293. The first-order chi connectivity index (χ1) is 17.1. The summed E-state index contributed by atoms with van der Waals surface area (Å²) in [6.45, 7) is 10.9. The van der Waals surface area contributed by atoms with Crippen LogP contribution in [0.3, 0.4) is 0 Å².